The Morgan fingerprint density at radius 1 is 1.62 bits per heavy atom. The summed E-state index contributed by atoms with van der Waals surface area (Å²) in [5.41, 5.74) is 5.44. The van der Waals surface area contributed by atoms with Gasteiger partial charge in [-0.15, -0.1) is 0 Å². The molecule has 0 bridgehead atoms. The average molecular weight is 184 g/mol. The van der Waals surface area contributed by atoms with Crippen LogP contribution in [0.4, 0.5) is 0 Å². The molecule has 3 nitrogen and oxygen atoms in total. The Balaban J connectivity index is 2.14. The van der Waals surface area contributed by atoms with E-state index in [1.165, 1.54) is 12.8 Å². The van der Waals surface area contributed by atoms with E-state index in [1.807, 2.05) is 0 Å². The maximum absolute atomic E-state index is 11.4. The van der Waals surface area contributed by atoms with Gasteiger partial charge in [0.25, 0.3) is 0 Å². The van der Waals surface area contributed by atoms with E-state index in [9.17, 15) is 4.79 Å². The van der Waals surface area contributed by atoms with Crippen LogP contribution in [0.5, 0.6) is 0 Å². The monoisotopic (exact) mass is 184 g/mol. The van der Waals surface area contributed by atoms with E-state index in [0.29, 0.717) is 12.5 Å². The molecule has 0 aromatic rings. The van der Waals surface area contributed by atoms with Crippen molar-refractivity contribution < 1.29 is 4.79 Å². The molecule has 1 atom stereocenters. The van der Waals surface area contributed by atoms with Gasteiger partial charge in [-0.05, 0) is 38.1 Å². The first-order valence-corrected chi connectivity index (χ1v) is 5.25. The normalized spacial score (nSPS) is 18.3. The molecule has 76 valence electrons. The Kier molecular flexibility index (Phi) is 4.22. The lowest BCUT2D eigenvalue weighted by Gasteiger charge is -2.15. The van der Waals surface area contributed by atoms with Crippen LogP contribution >= 0.6 is 0 Å². The van der Waals surface area contributed by atoms with E-state index >= 15 is 0 Å². The Labute approximate surface area is 80.1 Å². The second kappa shape index (κ2) is 5.22. The van der Waals surface area contributed by atoms with Crippen LogP contribution < -0.4 is 11.1 Å². The molecule has 1 amide bonds. The van der Waals surface area contributed by atoms with Crippen molar-refractivity contribution in [2.75, 3.05) is 6.54 Å². The summed E-state index contributed by atoms with van der Waals surface area (Å²) in [4.78, 5) is 11.4. The second-order valence-electron chi connectivity index (χ2n) is 3.90. The van der Waals surface area contributed by atoms with Crippen LogP contribution in [0.15, 0.2) is 0 Å². The minimum Gasteiger partial charge on any atom is -0.353 e. The number of nitrogens with one attached hydrogen (secondary N) is 1. The number of carbonyl (C=O) groups is 1. The van der Waals surface area contributed by atoms with Crippen molar-refractivity contribution in [1.82, 2.24) is 5.32 Å². The molecule has 1 aliphatic carbocycles. The van der Waals surface area contributed by atoms with Gasteiger partial charge in [0, 0.05) is 12.5 Å². The number of amides is 1. The molecular weight excluding hydrogens is 164 g/mol. The van der Waals surface area contributed by atoms with Gasteiger partial charge in [-0.1, -0.05) is 6.92 Å². The van der Waals surface area contributed by atoms with Gasteiger partial charge in [0.2, 0.25) is 5.91 Å². The van der Waals surface area contributed by atoms with Gasteiger partial charge in [-0.3, -0.25) is 4.79 Å². The van der Waals surface area contributed by atoms with Crippen molar-refractivity contribution in [3.8, 4) is 0 Å². The van der Waals surface area contributed by atoms with Gasteiger partial charge in [0.05, 0.1) is 0 Å². The lowest BCUT2D eigenvalue weighted by atomic mass is 10.1. The lowest BCUT2D eigenvalue weighted by molar-refractivity contribution is -0.122. The molecule has 1 aliphatic rings. The standard InChI is InChI=1S/C10H20N2O/c1-2-9(5-6-11)12-10(13)7-8-3-4-8/h8-9H,2-7,11H2,1H3,(H,12,13). The third-order valence-electron chi connectivity index (χ3n) is 2.54. The lowest BCUT2D eigenvalue weighted by Crippen LogP contribution is -2.35. The summed E-state index contributed by atoms with van der Waals surface area (Å²) in [6.45, 7) is 2.74. The molecule has 0 radical (unpaired) electrons. The topological polar surface area (TPSA) is 55.1 Å². The largest absolute Gasteiger partial charge is 0.353 e. The molecule has 0 aromatic carbocycles. The van der Waals surface area contributed by atoms with Crippen LogP contribution in [0.1, 0.15) is 39.0 Å². The van der Waals surface area contributed by atoms with Crippen LogP contribution in [0.3, 0.4) is 0 Å². The highest BCUT2D eigenvalue weighted by molar-refractivity contribution is 5.76. The van der Waals surface area contributed by atoms with E-state index in [2.05, 4.69) is 12.2 Å². The van der Waals surface area contributed by atoms with Gasteiger partial charge in [-0.2, -0.15) is 0 Å². The fourth-order valence-electron chi connectivity index (χ4n) is 1.45. The highest BCUT2D eigenvalue weighted by Gasteiger charge is 2.24. The minimum atomic E-state index is 0.211. The summed E-state index contributed by atoms with van der Waals surface area (Å²) in [5.74, 6) is 0.887. The van der Waals surface area contributed by atoms with Crippen LogP contribution in [-0.4, -0.2) is 18.5 Å². The Bertz CT molecular complexity index is 166. The third kappa shape index (κ3) is 4.27. The first kappa shape index (κ1) is 10.5. The van der Waals surface area contributed by atoms with Crippen LogP contribution in [-0.2, 0) is 4.79 Å². The molecule has 0 aliphatic heterocycles. The van der Waals surface area contributed by atoms with Crippen molar-refractivity contribution >= 4 is 5.91 Å². The van der Waals surface area contributed by atoms with Crippen molar-refractivity contribution in [3.05, 3.63) is 0 Å². The van der Waals surface area contributed by atoms with Crippen molar-refractivity contribution in [3.63, 3.8) is 0 Å². The fourth-order valence-corrected chi connectivity index (χ4v) is 1.45. The molecule has 1 saturated carbocycles. The van der Waals surface area contributed by atoms with E-state index in [-0.39, 0.29) is 11.9 Å². The van der Waals surface area contributed by atoms with Gasteiger partial charge >= 0.3 is 0 Å². The Hall–Kier alpha value is -0.570. The smallest absolute Gasteiger partial charge is 0.220 e. The zero-order chi connectivity index (χ0) is 9.68. The Morgan fingerprint density at radius 3 is 2.77 bits per heavy atom. The maximum atomic E-state index is 11.4. The zero-order valence-electron chi connectivity index (χ0n) is 8.38. The third-order valence-corrected chi connectivity index (χ3v) is 2.54. The van der Waals surface area contributed by atoms with Crippen molar-refractivity contribution in [1.29, 1.82) is 0 Å². The number of hydrogen-bond acceptors (Lipinski definition) is 2. The molecular formula is C10H20N2O. The second-order valence-corrected chi connectivity index (χ2v) is 3.90. The van der Waals surface area contributed by atoms with E-state index < -0.39 is 0 Å². The molecule has 0 aromatic heterocycles. The summed E-state index contributed by atoms with van der Waals surface area (Å²) in [7, 11) is 0. The summed E-state index contributed by atoms with van der Waals surface area (Å²) in [5, 5.41) is 3.02. The van der Waals surface area contributed by atoms with Gasteiger partial charge in [-0.25, -0.2) is 0 Å². The predicted molar refractivity (Wildman–Crippen MR) is 53.2 cm³/mol. The molecule has 1 rings (SSSR count). The average Bonchev–Trinajstić information content (AvgIpc) is 2.87. The van der Waals surface area contributed by atoms with Gasteiger partial charge in [0.15, 0.2) is 0 Å². The predicted octanol–water partition coefficient (Wildman–Crippen LogP) is 1.03. The zero-order valence-corrected chi connectivity index (χ0v) is 8.38. The van der Waals surface area contributed by atoms with Gasteiger partial charge in [0.1, 0.15) is 0 Å². The highest BCUT2D eigenvalue weighted by atomic mass is 16.1. The number of carbonyl (C=O) groups excluding carboxylic acids is 1. The number of nitrogens with two attached hydrogens (primary N) is 1. The van der Waals surface area contributed by atoms with Crippen molar-refractivity contribution in [2.24, 2.45) is 11.7 Å². The highest BCUT2D eigenvalue weighted by Crippen LogP contribution is 2.32. The summed E-state index contributed by atoms with van der Waals surface area (Å²) in [6, 6.07) is 0.288. The quantitative estimate of drug-likeness (QED) is 0.648. The fraction of sp³-hybridized carbons (Fsp3) is 0.900. The van der Waals surface area contributed by atoms with Gasteiger partial charge < -0.3 is 11.1 Å². The molecule has 1 unspecified atom stereocenters. The summed E-state index contributed by atoms with van der Waals surface area (Å²) >= 11 is 0. The first-order chi connectivity index (χ1) is 6.26. The maximum Gasteiger partial charge on any atom is 0.220 e. The summed E-state index contributed by atoms with van der Waals surface area (Å²) < 4.78 is 0. The SMILES string of the molecule is CCC(CCN)NC(=O)CC1CC1. The minimum absolute atomic E-state index is 0.211. The summed E-state index contributed by atoms with van der Waals surface area (Å²) in [6.07, 6.45) is 5.07. The number of rotatable bonds is 6. The molecule has 3 heteroatoms. The number of hydrogen-bond donors (Lipinski definition) is 2. The molecule has 1 fully saturated rings. The molecule has 13 heavy (non-hydrogen) atoms. The van der Waals surface area contributed by atoms with E-state index in [0.717, 1.165) is 19.3 Å². The van der Waals surface area contributed by atoms with Crippen LogP contribution in [0, 0.1) is 5.92 Å². The van der Waals surface area contributed by atoms with E-state index in [1.54, 1.807) is 0 Å². The molecule has 3 N–H and O–H groups in total. The first-order valence-electron chi connectivity index (χ1n) is 5.25. The molecule has 0 heterocycles. The van der Waals surface area contributed by atoms with Crippen LogP contribution in [0.25, 0.3) is 0 Å². The molecule has 0 spiro atoms. The van der Waals surface area contributed by atoms with E-state index in [4.69, 9.17) is 5.73 Å². The van der Waals surface area contributed by atoms with Crippen molar-refractivity contribution in [2.45, 2.75) is 45.1 Å². The molecule has 0 saturated heterocycles. The van der Waals surface area contributed by atoms with Crippen LogP contribution in [0.2, 0.25) is 0 Å². The Morgan fingerprint density at radius 2 is 2.31 bits per heavy atom.